The van der Waals surface area contributed by atoms with E-state index in [2.05, 4.69) is 16.9 Å². The van der Waals surface area contributed by atoms with Crippen LogP contribution in [0.15, 0.2) is 60.7 Å². The Morgan fingerprint density at radius 3 is 2.09 bits per heavy atom. The van der Waals surface area contributed by atoms with Crippen molar-refractivity contribution in [1.29, 1.82) is 0 Å². The van der Waals surface area contributed by atoms with Gasteiger partial charge in [0.1, 0.15) is 0 Å². The number of aryl methyl sites for hydroxylation is 1. The van der Waals surface area contributed by atoms with Crippen molar-refractivity contribution >= 4 is 10.0 Å². The van der Waals surface area contributed by atoms with E-state index < -0.39 is 10.0 Å². The van der Waals surface area contributed by atoms with Crippen LogP contribution in [0.2, 0.25) is 0 Å². The van der Waals surface area contributed by atoms with Crippen LogP contribution in [0.1, 0.15) is 30.4 Å². The molecule has 0 aliphatic heterocycles. The standard InChI is InChI=1S/C19H23NO2S/c21-23(22,15-12-17-8-3-1-4-9-17)20-16-19(13-7-14-19)18-10-5-2-6-11-18/h1-6,8-11,20H,7,12-16H2. The predicted octanol–water partition coefficient (Wildman–Crippen LogP) is 3.27. The molecule has 0 unspecified atom stereocenters. The van der Waals surface area contributed by atoms with E-state index in [0.29, 0.717) is 13.0 Å². The maximum Gasteiger partial charge on any atom is 0.211 e. The van der Waals surface area contributed by atoms with Gasteiger partial charge in [-0.2, -0.15) is 0 Å². The largest absolute Gasteiger partial charge is 0.214 e. The maximum atomic E-state index is 12.3. The van der Waals surface area contributed by atoms with Gasteiger partial charge in [0.2, 0.25) is 10.0 Å². The third kappa shape index (κ3) is 4.01. The van der Waals surface area contributed by atoms with Gasteiger partial charge in [0, 0.05) is 12.0 Å². The van der Waals surface area contributed by atoms with Crippen molar-refractivity contribution in [2.75, 3.05) is 12.3 Å². The molecule has 1 saturated carbocycles. The van der Waals surface area contributed by atoms with Crippen LogP contribution in [-0.4, -0.2) is 20.7 Å². The van der Waals surface area contributed by atoms with Gasteiger partial charge in [-0.15, -0.1) is 0 Å². The van der Waals surface area contributed by atoms with Crippen LogP contribution >= 0.6 is 0 Å². The summed E-state index contributed by atoms with van der Waals surface area (Å²) in [6.45, 7) is 0.508. The molecular weight excluding hydrogens is 306 g/mol. The molecule has 3 rings (SSSR count). The first-order valence-electron chi connectivity index (χ1n) is 8.17. The van der Waals surface area contributed by atoms with Crippen molar-refractivity contribution in [2.24, 2.45) is 0 Å². The zero-order valence-corrected chi connectivity index (χ0v) is 14.1. The Hall–Kier alpha value is -1.65. The third-order valence-corrected chi connectivity index (χ3v) is 6.16. The summed E-state index contributed by atoms with van der Waals surface area (Å²) in [4.78, 5) is 0. The summed E-state index contributed by atoms with van der Waals surface area (Å²) in [5.41, 5.74) is 2.29. The van der Waals surface area contributed by atoms with E-state index in [9.17, 15) is 8.42 Å². The molecule has 0 atom stereocenters. The average Bonchev–Trinajstić information content (AvgIpc) is 2.54. The fourth-order valence-corrected chi connectivity index (χ4v) is 4.32. The molecule has 0 heterocycles. The quantitative estimate of drug-likeness (QED) is 0.847. The van der Waals surface area contributed by atoms with Gasteiger partial charge in [0.25, 0.3) is 0 Å². The minimum absolute atomic E-state index is 0.0128. The molecule has 0 bridgehead atoms. The van der Waals surface area contributed by atoms with Crippen LogP contribution in [0.5, 0.6) is 0 Å². The molecular formula is C19H23NO2S. The number of hydrogen-bond donors (Lipinski definition) is 1. The fraction of sp³-hybridized carbons (Fsp3) is 0.368. The summed E-state index contributed by atoms with van der Waals surface area (Å²) in [6, 6.07) is 20.0. The van der Waals surface area contributed by atoms with Gasteiger partial charge < -0.3 is 0 Å². The van der Waals surface area contributed by atoms with Gasteiger partial charge in [-0.3, -0.25) is 0 Å². The van der Waals surface area contributed by atoms with Crippen LogP contribution < -0.4 is 4.72 Å². The van der Waals surface area contributed by atoms with Crippen LogP contribution in [0.25, 0.3) is 0 Å². The van der Waals surface area contributed by atoms with Crippen LogP contribution in [-0.2, 0) is 21.9 Å². The summed E-state index contributed by atoms with van der Waals surface area (Å²) in [5.74, 6) is 0.141. The van der Waals surface area contributed by atoms with E-state index >= 15 is 0 Å². The summed E-state index contributed by atoms with van der Waals surface area (Å²) in [5, 5.41) is 0. The second-order valence-corrected chi connectivity index (χ2v) is 8.30. The molecule has 2 aromatic carbocycles. The van der Waals surface area contributed by atoms with Gasteiger partial charge >= 0.3 is 0 Å². The highest BCUT2D eigenvalue weighted by Crippen LogP contribution is 2.43. The van der Waals surface area contributed by atoms with E-state index in [1.54, 1.807) is 0 Å². The molecule has 0 saturated heterocycles. The molecule has 122 valence electrons. The molecule has 1 fully saturated rings. The summed E-state index contributed by atoms with van der Waals surface area (Å²) >= 11 is 0. The first-order chi connectivity index (χ1) is 11.1. The predicted molar refractivity (Wildman–Crippen MR) is 93.9 cm³/mol. The molecule has 0 spiro atoms. The molecule has 1 N–H and O–H groups in total. The van der Waals surface area contributed by atoms with Gasteiger partial charge in [-0.1, -0.05) is 67.1 Å². The lowest BCUT2D eigenvalue weighted by molar-refractivity contribution is 0.245. The number of nitrogens with one attached hydrogen (secondary N) is 1. The Morgan fingerprint density at radius 1 is 0.913 bits per heavy atom. The Bertz CT molecular complexity index is 722. The van der Waals surface area contributed by atoms with Crippen molar-refractivity contribution < 1.29 is 8.42 Å². The SMILES string of the molecule is O=S(=O)(CCc1ccccc1)NCC1(c2ccccc2)CCC1. The van der Waals surface area contributed by atoms with Crippen LogP contribution in [0, 0.1) is 0 Å². The molecule has 1 aliphatic carbocycles. The minimum atomic E-state index is -3.25. The van der Waals surface area contributed by atoms with Crippen molar-refractivity contribution in [3.63, 3.8) is 0 Å². The highest BCUT2D eigenvalue weighted by atomic mass is 32.2. The van der Waals surface area contributed by atoms with Crippen LogP contribution in [0.3, 0.4) is 0 Å². The zero-order chi connectivity index (χ0) is 16.2. The van der Waals surface area contributed by atoms with E-state index in [-0.39, 0.29) is 11.2 Å². The van der Waals surface area contributed by atoms with E-state index in [1.165, 1.54) is 12.0 Å². The Morgan fingerprint density at radius 2 is 1.52 bits per heavy atom. The zero-order valence-electron chi connectivity index (χ0n) is 13.2. The minimum Gasteiger partial charge on any atom is -0.214 e. The Kier molecular flexibility index (Phi) is 4.83. The smallest absolute Gasteiger partial charge is 0.211 e. The van der Waals surface area contributed by atoms with Crippen molar-refractivity contribution in [1.82, 2.24) is 4.72 Å². The molecule has 23 heavy (non-hydrogen) atoms. The maximum absolute atomic E-state index is 12.3. The molecule has 0 amide bonds. The second-order valence-electron chi connectivity index (χ2n) is 6.38. The number of benzene rings is 2. The molecule has 4 heteroatoms. The molecule has 2 aromatic rings. The summed E-state index contributed by atoms with van der Waals surface area (Å²) < 4.78 is 27.5. The first-order valence-corrected chi connectivity index (χ1v) is 9.82. The van der Waals surface area contributed by atoms with Gasteiger partial charge in [-0.05, 0) is 30.4 Å². The van der Waals surface area contributed by atoms with Crippen molar-refractivity contribution in [3.05, 3.63) is 71.8 Å². The monoisotopic (exact) mass is 329 g/mol. The third-order valence-electron chi connectivity index (χ3n) is 4.83. The summed E-state index contributed by atoms with van der Waals surface area (Å²) in [7, 11) is -3.25. The lowest BCUT2D eigenvalue weighted by Crippen LogP contribution is -2.46. The summed E-state index contributed by atoms with van der Waals surface area (Å²) in [6.07, 6.45) is 3.82. The number of hydrogen-bond acceptors (Lipinski definition) is 2. The molecule has 0 radical (unpaired) electrons. The van der Waals surface area contributed by atoms with Gasteiger partial charge in [-0.25, -0.2) is 13.1 Å². The molecule has 3 nitrogen and oxygen atoms in total. The van der Waals surface area contributed by atoms with Crippen molar-refractivity contribution in [3.8, 4) is 0 Å². The highest BCUT2D eigenvalue weighted by molar-refractivity contribution is 7.89. The van der Waals surface area contributed by atoms with Gasteiger partial charge in [0.15, 0.2) is 0 Å². The Labute approximate surface area is 138 Å². The first kappa shape index (κ1) is 16.2. The normalized spacial score (nSPS) is 16.7. The van der Waals surface area contributed by atoms with Crippen molar-refractivity contribution in [2.45, 2.75) is 31.1 Å². The number of rotatable bonds is 7. The highest BCUT2D eigenvalue weighted by Gasteiger charge is 2.39. The topological polar surface area (TPSA) is 46.2 Å². The average molecular weight is 329 g/mol. The van der Waals surface area contributed by atoms with E-state index in [1.807, 2.05) is 48.5 Å². The lowest BCUT2D eigenvalue weighted by atomic mass is 9.64. The van der Waals surface area contributed by atoms with Crippen LogP contribution in [0.4, 0.5) is 0 Å². The second kappa shape index (κ2) is 6.85. The van der Waals surface area contributed by atoms with E-state index in [4.69, 9.17) is 0 Å². The lowest BCUT2D eigenvalue weighted by Gasteiger charge is -2.42. The molecule has 1 aliphatic rings. The fourth-order valence-electron chi connectivity index (χ4n) is 3.18. The van der Waals surface area contributed by atoms with Gasteiger partial charge in [0.05, 0.1) is 5.75 Å². The molecule has 0 aromatic heterocycles. The Balaban J connectivity index is 1.60. The van der Waals surface area contributed by atoms with E-state index in [0.717, 1.165) is 18.4 Å². The number of sulfonamides is 1.